The molecule has 21 heavy (non-hydrogen) atoms. The number of aryl methyl sites for hydroxylation is 1. The first kappa shape index (κ1) is 14.8. The number of carbonyl (C=O) groups is 1. The van der Waals surface area contributed by atoms with Crippen LogP contribution in [0.2, 0.25) is 0 Å². The molecule has 0 aliphatic rings. The van der Waals surface area contributed by atoms with Crippen molar-refractivity contribution >= 4 is 22.8 Å². The maximum absolute atomic E-state index is 11.9. The standard InChI is InChI=1S/C16H17N3O2/c1-10-11-7-5-6-8-13(11)18-14(12(10)9-17)19-15(20)21-16(2,3)4/h5-8H,1-4H3,(H,18,19,20). The number of nitrogens with zero attached hydrogens (tertiary/aromatic N) is 2. The summed E-state index contributed by atoms with van der Waals surface area (Å²) in [5, 5.41) is 12.8. The monoisotopic (exact) mass is 283 g/mol. The van der Waals surface area contributed by atoms with Crippen molar-refractivity contribution in [1.82, 2.24) is 4.98 Å². The summed E-state index contributed by atoms with van der Waals surface area (Å²) in [6.07, 6.45) is -0.624. The second-order valence-corrected chi connectivity index (χ2v) is 5.72. The summed E-state index contributed by atoms with van der Waals surface area (Å²) in [4.78, 5) is 16.2. The van der Waals surface area contributed by atoms with E-state index in [-0.39, 0.29) is 5.82 Å². The first-order chi connectivity index (χ1) is 9.81. The van der Waals surface area contributed by atoms with Crippen LogP contribution in [-0.4, -0.2) is 16.7 Å². The molecule has 1 aromatic carbocycles. The zero-order valence-corrected chi connectivity index (χ0v) is 12.5. The molecule has 0 unspecified atom stereocenters. The van der Waals surface area contributed by atoms with E-state index in [4.69, 9.17) is 4.74 Å². The van der Waals surface area contributed by atoms with Crippen LogP contribution in [0.5, 0.6) is 0 Å². The van der Waals surface area contributed by atoms with Gasteiger partial charge in [-0.25, -0.2) is 9.78 Å². The van der Waals surface area contributed by atoms with E-state index in [1.54, 1.807) is 20.8 Å². The fourth-order valence-corrected chi connectivity index (χ4v) is 2.00. The fraction of sp³-hybridized carbons (Fsp3) is 0.312. The van der Waals surface area contributed by atoms with Crippen LogP contribution in [0, 0.1) is 18.3 Å². The van der Waals surface area contributed by atoms with Gasteiger partial charge in [0.2, 0.25) is 0 Å². The Bertz CT molecular complexity index is 739. The number of hydrogen-bond acceptors (Lipinski definition) is 4. The molecule has 1 amide bonds. The summed E-state index contributed by atoms with van der Waals surface area (Å²) in [6, 6.07) is 9.57. The molecule has 1 heterocycles. The van der Waals surface area contributed by atoms with Gasteiger partial charge in [0.25, 0.3) is 0 Å². The van der Waals surface area contributed by atoms with Crippen LogP contribution in [0.4, 0.5) is 10.6 Å². The first-order valence-electron chi connectivity index (χ1n) is 6.61. The number of rotatable bonds is 1. The highest BCUT2D eigenvalue weighted by Gasteiger charge is 2.19. The van der Waals surface area contributed by atoms with Crippen LogP contribution < -0.4 is 5.32 Å². The van der Waals surface area contributed by atoms with Crippen LogP contribution in [0.3, 0.4) is 0 Å². The molecule has 0 aliphatic carbocycles. The quantitative estimate of drug-likeness (QED) is 0.864. The van der Waals surface area contributed by atoms with E-state index in [0.29, 0.717) is 5.56 Å². The van der Waals surface area contributed by atoms with E-state index in [1.807, 2.05) is 31.2 Å². The maximum atomic E-state index is 11.9. The largest absolute Gasteiger partial charge is 0.444 e. The minimum Gasteiger partial charge on any atom is -0.444 e. The second kappa shape index (κ2) is 5.41. The average molecular weight is 283 g/mol. The lowest BCUT2D eigenvalue weighted by molar-refractivity contribution is 0.0635. The number of anilines is 1. The summed E-state index contributed by atoms with van der Waals surface area (Å²) in [5.74, 6) is 0.225. The van der Waals surface area contributed by atoms with Crippen molar-refractivity contribution in [2.75, 3.05) is 5.32 Å². The third-order valence-electron chi connectivity index (χ3n) is 2.88. The Labute approximate surface area is 123 Å². The summed E-state index contributed by atoms with van der Waals surface area (Å²) < 4.78 is 5.19. The van der Waals surface area contributed by atoms with Crippen LogP contribution in [-0.2, 0) is 4.74 Å². The first-order valence-corrected chi connectivity index (χ1v) is 6.61. The van der Waals surface area contributed by atoms with Gasteiger partial charge in [-0.1, -0.05) is 18.2 Å². The molecule has 1 aromatic heterocycles. The summed E-state index contributed by atoms with van der Waals surface area (Å²) in [7, 11) is 0. The number of para-hydroxylation sites is 1. The van der Waals surface area contributed by atoms with E-state index >= 15 is 0 Å². The number of carbonyl (C=O) groups excluding carboxylic acids is 1. The highest BCUT2D eigenvalue weighted by molar-refractivity contribution is 5.92. The van der Waals surface area contributed by atoms with Gasteiger partial charge in [-0.15, -0.1) is 0 Å². The Morgan fingerprint density at radius 1 is 1.33 bits per heavy atom. The van der Waals surface area contributed by atoms with Crippen molar-refractivity contribution in [2.45, 2.75) is 33.3 Å². The van der Waals surface area contributed by atoms with Gasteiger partial charge in [-0.2, -0.15) is 5.26 Å². The molecule has 0 aliphatic heterocycles. The molecule has 0 saturated carbocycles. The molecule has 5 nitrogen and oxygen atoms in total. The SMILES string of the molecule is Cc1c(C#N)c(NC(=O)OC(C)(C)C)nc2ccccc12. The molecule has 2 rings (SSSR count). The molecular formula is C16H17N3O2. The van der Waals surface area contributed by atoms with Crippen molar-refractivity contribution in [3.05, 3.63) is 35.4 Å². The Balaban J connectivity index is 2.44. The molecule has 0 spiro atoms. The van der Waals surface area contributed by atoms with Gasteiger partial charge in [0.15, 0.2) is 5.82 Å². The van der Waals surface area contributed by atoms with Gasteiger partial charge in [0.1, 0.15) is 11.7 Å². The minimum absolute atomic E-state index is 0.225. The summed E-state index contributed by atoms with van der Waals surface area (Å²) in [6.45, 7) is 7.16. The highest BCUT2D eigenvalue weighted by Crippen LogP contribution is 2.25. The minimum atomic E-state index is -0.624. The van der Waals surface area contributed by atoms with Crippen LogP contribution in [0.1, 0.15) is 31.9 Å². The third kappa shape index (κ3) is 3.29. The lowest BCUT2D eigenvalue weighted by Gasteiger charge is -2.20. The maximum Gasteiger partial charge on any atom is 0.413 e. The Morgan fingerprint density at radius 2 is 2.00 bits per heavy atom. The Hall–Kier alpha value is -2.61. The summed E-state index contributed by atoms with van der Waals surface area (Å²) in [5.41, 5.74) is 1.25. The lowest BCUT2D eigenvalue weighted by Crippen LogP contribution is -2.27. The van der Waals surface area contributed by atoms with Crippen molar-refractivity contribution in [3.8, 4) is 6.07 Å². The molecule has 108 valence electrons. The van der Waals surface area contributed by atoms with E-state index in [1.165, 1.54) is 0 Å². The number of benzene rings is 1. The number of nitriles is 1. The predicted octanol–water partition coefficient (Wildman–Crippen LogP) is 3.76. The molecule has 0 bridgehead atoms. The third-order valence-corrected chi connectivity index (χ3v) is 2.88. The van der Waals surface area contributed by atoms with Crippen molar-refractivity contribution in [3.63, 3.8) is 0 Å². The second-order valence-electron chi connectivity index (χ2n) is 5.72. The molecule has 0 atom stereocenters. The van der Waals surface area contributed by atoms with Gasteiger partial charge < -0.3 is 4.74 Å². The van der Waals surface area contributed by atoms with Crippen molar-refractivity contribution in [2.24, 2.45) is 0 Å². The fourth-order valence-electron chi connectivity index (χ4n) is 2.00. The predicted molar refractivity (Wildman–Crippen MR) is 81.1 cm³/mol. The topological polar surface area (TPSA) is 75.0 Å². The average Bonchev–Trinajstić information content (AvgIpc) is 2.37. The number of ether oxygens (including phenoxy) is 1. The van der Waals surface area contributed by atoms with Gasteiger partial charge >= 0.3 is 6.09 Å². The number of pyridine rings is 1. The molecule has 1 N–H and O–H groups in total. The molecule has 0 radical (unpaired) electrons. The van der Waals surface area contributed by atoms with Gasteiger partial charge in [0, 0.05) is 5.39 Å². The number of nitrogens with one attached hydrogen (secondary N) is 1. The summed E-state index contributed by atoms with van der Waals surface area (Å²) >= 11 is 0. The number of aromatic nitrogens is 1. The molecule has 0 fully saturated rings. The molecule has 5 heteroatoms. The zero-order valence-electron chi connectivity index (χ0n) is 12.5. The van der Waals surface area contributed by atoms with Crippen LogP contribution in [0.25, 0.3) is 10.9 Å². The van der Waals surface area contributed by atoms with Gasteiger partial charge in [-0.3, -0.25) is 5.32 Å². The van der Waals surface area contributed by atoms with Gasteiger partial charge in [-0.05, 0) is 39.3 Å². The van der Waals surface area contributed by atoms with Crippen molar-refractivity contribution < 1.29 is 9.53 Å². The Morgan fingerprint density at radius 3 is 2.62 bits per heavy atom. The van der Waals surface area contributed by atoms with Crippen LogP contribution >= 0.6 is 0 Å². The lowest BCUT2D eigenvalue weighted by atomic mass is 10.0. The number of hydrogen-bond donors (Lipinski definition) is 1. The van der Waals surface area contributed by atoms with Gasteiger partial charge in [0.05, 0.1) is 11.1 Å². The van der Waals surface area contributed by atoms with Crippen LogP contribution in [0.15, 0.2) is 24.3 Å². The van der Waals surface area contributed by atoms with Crippen molar-refractivity contribution in [1.29, 1.82) is 5.26 Å². The van der Waals surface area contributed by atoms with E-state index in [9.17, 15) is 10.1 Å². The smallest absolute Gasteiger partial charge is 0.413 e. The zero-order chi connectivity index (χ0) is 15.6. The highest BCUT2D eigenvalue weighted by atomic mass is 16.6. The van der Waals surface area contributed by atoms with E-state index < -0.39 is 11.7 Å². The van der Waals surface area contributed by atoms with E-state index in [2.05, 4.69) is 16.4 Å². The Kier molecular flexibility index (Phi) is 3.81. The van der Waals surface area contributed by atoms with E-state index in [0.717, 1.165) is 16.5 Å². The normalized spacial score (nSPS) is 11.0. The number of fused-ring (bicyclic) bond motifs is 1. The molecule has 0 saturated heterocycles. The number of amides is 1. The molecule has 2 aromatic rings. The molecular weight excluding hydrogens is 266 g/mol.